The van der Waals surface area contributed by atoms with Crippen LogP contribution in [0.4, 0.5) is 4.39 Å². The van der Waals surface area contributed by atoms with E-state index >= 15 is 0 Å². The molecule has 136 valence electrons. The smallest absolute Gasteiger partial charge is 0.244 e. The van der Waals surface area contributed by atoms with Gasteiger partial charge >= 0.3 is 0 Å². The maximum absolute atomic E-state index is 12.9. The second-order valence-electron chi connectivity index (χ2n) is 6.11. The standard InChI is InChI=1S/C22H18ClFN2O/c1-15(26-22(27)12-7-16-5-9-20(24)10-6-16)17-3-2-4-18(13-17)19-8-11-21(23)25-14-19/h2-15H,1H3,(H,26,27)/b12-7-/t15-/m0/s1. The fraction of sp³-hybridized carbons (Fsp3) is 0.0909. The summed E-state index contributed by atoms with van der Waals surface area (Å²) >= 11 is 5.84. The van der Waals surface area contributed by atoms with Gasteiger partial charge in [0.2, 0.25) is 5.91 Å². The molecule has 1 N–H and O–H groups in total. The average molecular weight is 381 g/mol. The predicted molar refractivity (Wildman–Crippen MR) is 107 cm³/mol. The molecule has 3 nitrogen and oxygen atoms in total. The highest BCUT2D eigenvalue weighted by Gasteiger charge is 2.09. The lowest BCUT2D eigenvalue weighted by Gasteiger charge is -2.14. The minimum absolute atomic E-state index is 0.171. The Kier molecular flexibility index (Phi) is 5.99. The number of aromatic nitrogens is 1. The van der Waals surface area contributed by atoms with Crippen LogP contribution in [0.1, 0.15) is 24.1 Å². The molecule has 27 heavy (non-hydrogen) atoms. The van der Waals surface area contributed by atoms with E-state index in [0.29, 0.717) is 5.15 Å². The van der Waals surface area contributed by atoms with Crippen LogP contribution in [0.3, 0.4) is 0 Å². The number of benzene rings is 2. The molecule has 0 radical (unpaired) electrons. The van der Waals surface area contributed by atoms with E-state index in [9.17, 15) is 9.18 Å². The van der Waals surface area contributed by atoms with Gasteiger partial charge in [0.05, 0.1) is 6.04 Å². The first-order chi connectivity index (χ1) is 13.0. The van der Waals surface area contributed by atoms with Crippen molar-refractivity contribution in [2.45, 2.75) is 13.0 Å². The monoisotopic (exact) mass is 380 g/mol. The van der Waals surface area contributed by atoms with Crippen LogP contribution in [0.2, 0.25) is 5.15 Å². The summed E-state index contributed by atoms with van der Waals surface area (Å²) in [5.41, 5.74) is 3.69. The fourth-order valence-electron chi connectivity index (χ4n) is 2.62. The second-order valence-corrected chi connectivity index (χ2v) is 6.50. The van der Waals surface area contributed by atoms with Crippen molar-refractivity contribution in [1.82, 2.24) is 10.3 Å². The molecule has 5 heteroatoms. The first kappa shape index (κ1) is 18.8. The minimum atomic E-state index is -0.305. The number of hydrogen-bond acceptors (Lipinski definition) is 2. The molecule has 0 spiro atoms. The summed E-state index contributed by atoms with van der Waals surface area (Å²) in [4.78, 5) is 16.3. The molecule has 1 atom stereocenters. The summed E-state index contributed by atoms with van der Waals surface area (Å²) in [7, 11) is 0. The van der Waals surface area contributed by atoms with E-state index in [1.54, 1.807) is 30.5 Å². The van der Waals surface area contributed by atoms with E-state index in [1.807, 2.05) is 37.3 Å². The van der Waals surface area contributed by atoms with Gasteiger partial charge in [-0.25, -0.2) is 9.37 Å². The molecular formula is C22H18ClFN2O. The van der Waals surface area contributed by atoms with Crippen LogP contribution in [0.15, 0.2) is 72.9 Å². The molecule has 0 aliphatic heterocycles. The van der Waals surface area contributed by atoms with E-state index in [4.69, 9.17) is 11.6 Å². The number of carbonyl (C=O) groups excluding carboxylic acids is 1. The third kappa shape index (κ3) is 5.25. The van der Waals surface area contributed by atoms with Crippen LogP contribution >= 0.6 is 11.6 Å². The predicted octanol–water partition coefficient (Wildman–Crippen LogP) is 5.43. The van der Waals surface area contributed by atoms with Crippen LogP contribution in [-0.4, -0.2) is 10.9 Å². The number of carbonyl (C=O) groups is 1. The van der Waals surface area contributed by atoms with E-state index in [0.717, 1.165) is 22.3 Å². The normalized spacial score (nSPS) is 12.1. The van der Waals surface area contributed by atoms with E-state index in [-0.39, 0.29) is 17.8 Å². The number of nitrogens with one attached hydrogen (secondary N) is 1. The zero-order valence-corrected chi connectivity index (χ0v) is 15.5. The number of rotatable bonds is 5. The van der Waals surface area contributed by atoms with Gasteiger partial charge in [0.1, 0.15) is 11.0 Å². The summed E-state index contributed by atoms with van der Waals surface area (Å²) in [6.07, 6.45) is 4.81. The summed E-state index contributed by atoms with van der Waals surface area (Å²) in [6, 6.07) is 17.3. The lowest BCUT2D eigenvalue weighted by molar-refractivity contribution is -0.117. The molecule has 1 heterocycles. The number of nitrogens with zero attached hydrogens (tertiary/aromatic N) is 1. The van der Waals surface area contributed by atoms with Gasteiger partial charge in [-0.05, 0) is 60.0 Å². The summed E-state index contributed by atoms with van der Waals surface area (Å²) in [6.45, 7) is 1.92. The first-order valence-electron chi connectivity index (χ1n) is 8.47. The Morgan fingerprint density at radius 1 is 1.11 bits per heavy atom. The highest BCUT2D eigenvalue weighted by Crippen LogP contribution is 2.23. The third-order valence-electron chi connectivity index (χ3n) is 4.10. The third-order valence-corrected chi connectivity index (χ3v) is 4.33. The Morgan fingerprint density at radius 3 is 2.59 bits per heavy atom. The zero-order valence-electron chi connectivity index (χ0n) is 14.7. The average Bonchev–Trinajstić information content (AvgIpc) is 2.68. The van der Waals surface area contributed by atoms with Crippen molar-refractivity contribution in [3.8, 4) is 11.1 Å². The van der Waals surface area contributed by atoms with Gasteiger partial charge in [0, 0.05) is 17.8 Å². The molecule has 1 aromatic heterocycles. The van der Waals surface area contributed by atoms with Gasteiger partial charge in [-0.1, -0.05) is 41.9 Å². The Bertz CT molecular complexity index is 953. The zero-order chi connectivity index (χ0) is 19.2. The van der Waals surface area contributed by atoms with E-state index < -0.39 is 0 Å². The van der Waals surface area contributed by atoms with Crippen molar-refractivity contribution in [3.05, 3.63) is 95.0 Å². The molecule has 0 saturated carbocycles. The lowest BCUT2D eigenvalue weighted by Crippen LogP contribution is -2.24. The van der Waals surface area contributed by atoms with Crippen LogP contribution in [0.5, 0.6) is 0 Å². The summed E-state index contributed by atoms with van der Waals surface area (Å²) < 4.78 is 12.9. The minimum Gasteiger partial charge on any atom is -0.346 e. The van der Waals surface area contributed by atoms with Crippen LogP contribution in [0, 0.1) is 5.82 Å². The summed E-state index contributed by atoms with van der Waals surface area (Å²) in [5, 5.41) is 3.38. The Labute approximate surface area is 162 Å². The number of halogens is 2. The molecule has 0 bridgehead atoms. The van der Waals surface area contributed by atoms with Crippen LogP contribution in [-0.2, 0) is 4.79 Å². The van der Waals surface area contributed by atoms with E-state index in [2.05, 4.69) is 10.3 Å². The number of hydrogen-bond donors (Lipinski definition) is 1. The Balaban J connectivity index is 1.67. The number of pyridine rings is 1. The molecule has 0 aliphatic rings. The summed E-state index contributed by atoms with van der Waals surface area (Å²) in [5.74, 6) is -0.522. The van der Waals surface area contributed by atoms with Crippen molar-refractivity contribution in [1.29, 1.82) is 0 Å². The van der Waals surface area contributed by atoms with Gasteiger partial charge < -0.3 is 5.32 Å². The van der Waals surface area contributed by atoms with Gasteiger partial charge in [0.25, 0.3) is 0 Å². The second kappa shape index (κ2) is 8.60. The molecule has 0 aliphatic carbocycles. The highest BCUT2D eigenvalue weighted by molar-refractivity contribution is 6.29. The maximum Gasteiger partial charge on any atom is 0.244 e. The van der Waals surface area contributed by atoms with Crippen molar-refractivity contribution < 1.29 is 9.18 Å². The Morgan fingerprint density at radius 2 is 1.89 bits per heavy atom. The van der Waals surface area contributed by atoms with Crippen LogP contribution < -0.4 is 5.32 Å². The number of amides is 1. The van der Waals surface area contributed by atoms with Crippen LogP contribution in [0.25, 0.3) is 17.2 Å². The molecule has 2 aromatic carbocycles. The highest BCUT2D eigenvalue weighted by atomic mass is 35.5. The molecule has 1 amide bonds. The van der Waals surface area contributed by atoms with Gasteiger partial charge in [0.15, 0.2) is 0 Å². The first-order valence-corrected chi connectivity index (χ1v) is 8.85. The van der Waals surface area contributed by atoms with Crippen molar-refractivity contribution >= 4 is 23.6 Å². The van der Waals surface area contributed by atoms with Gasteiger partial charge in [-0.15, -0.1) is 0 Å². The SMILES string of the molecule is C[C@H](NC(=O)/C=C\c1ccc(F)cc1)c1cccc(-c2ccc(Cl)nc2)c1. The largest absolute Gasteiger partial charge is 0.346 e. The topological polar surface area (TPSA) is 42.0 Å². The molecule has 3 aromatic rings. The maximum atomic E-state index is 12.9. The van der Waals surface area contributed by atoms with Crippen molar-refractivity contribution in [2.24, 2.45) is 0 Å². The fourth-order valence-corrected chi connectivity index (χ4v) is 2.74. The molecule has 3 rings (SSSR count). The Hall–Kier alpha value is -2.98. The lowest BCUT2D eigenvalue weighted by atomic mass is 10.0. The van der Waals surface area contributed by atoms with Crippen molar-refractivity contribution in [2.75, 3.05) is 0 Å². The van der Waals surface area contributed by atoms with Crippen molar-refractivity contribution in [3.63, 3.8) is 0 Å². The molecule has 0 unspecified atom stereocenters. The molecule has 0 fully saturated rings. The van der Waals surface area contributed by atoms with Gasteiger partial charge in [-0.2, -0.15) is 0 Å². The quantitative estimate of drug-likeness (QED) is 0.473. The van der Waals surface area contributed by atoms with Gasteiger partial charge in [-0.3, -0.25) is 4.79 Å². The molecule has 0 saturated heterocycles. The van der Waals surface area contributed by atoms with E-state index in [1.165, 1.54) is 18.2 Å². The molecular weight excluding hydrogens is 363 g/mol.